The third-order valence-electron chi connectivity index (χ3n) is 4.15. The summed E-state index contributed by atoms with van der Waals surface area (Å²) in [4.78, 5) is 0. The quantitative estimate of drug-likeness (QED) is 0.687. The maximum absolute atomic E-state index is 6.21. The van der Waals surface area contributed by atoms with Gasteiger partial charge in [0.2, 0.25) is 0 Å². The van der Waals surface area contributed by atoms with Gasteiger partial charge in [0.15, 0.2) is 0 Å². The summed E-state index contributed by atoms with van der Waals surface area (Å²) in [5, 5.41) is 4.49. The fourth-order valence-corrected chi connectivity index (χ4v) is 3.72. The molecule has 0 radical (unpaired) electrons. The lowest BCUT2D eigenvalue weighted by atomic mass is 9.83. The minimum absolute atomic E-state index is 0.600. The largest absolute Gasteiger partial charge is 0.381 e. The number of benzene rings is 1. The molecule has 106 valence electrons. The highest BCUT2D eigenvalue weighted by Crippen LogP contribution is 2.33. The Morgan fingerprint density at radius 2 is 1.95 bits per heavy atom. The van der Waals surface area contributed by atoms with Gasteiger partial charge in [-0.25, -0.2) is 0 Å². The van der Waals surface area contributed by atoms with Gasteiger partial charge in [-0.05, 0) is 72.2 Å². The lowest BCUT2D eigenvalue weighted by Crippen LogP contribution is -2.26. The Labute approximate surface area is 130 Å². The van der Waals surface area contributed by atoms with Gasteiger partial charge in [0.1, 0.15) is 0 Å². The zero-order valence-corrected chi connectivity index (χ0v) is 14.1. The molecule has 1 saturated carbocycles. The van der Waals surface area contributed by atoms with Crippen molar-refractivity contribution in [2.75, 3.05) is 5.32 Å². The van der Waals surface area contributed by atoms with Gasteiger partial charge in [-0.15, -0.1) is 0 Å². The van der Waals surface area contributed by atoms with Gasteiger partial charge in [-0.2, -0.15) is 0 Å². The van der Waals surface area contributed by atoms with Crippen LogP contribution in [0.3, 0.4) is 0 Å². The molecule has 0 bridgehead atoms. The lowest BCUT2D eigenvalue weighted by molar-refractivity contribution is 0.319. The molecule has 0 unspecified atom stereocenters. The molecular formula is C16H23BrClN. The van der Waals surface area contributed by atoms with Crippen molar-refractivity contribution in [2.24, 2.45) is 5.92 Å². The van der Waals surface area contributed by atoms with Crippen LogP contribution in [-0.4, -0.2) is 6.04 Å². The molecule has 0 atom stereocenters. The summed E-state index contributed by atoms with van der Waals surface area (Å²) in [6.45, 7) is 4.32. The summed E-state index contributed by atoms with van der Waals surface area (Å²) in [5.74, 6) is 0.952. The first kappa shape index (κ1) is 15.2. The monoisotopic (exact) mass is 343 g/mol. The zero-order chi connectivity index (χ0) is 13.8. The highest BCUT2D eigenvalue weighted by Gasteiger charge is 2.21. The van der Waals surface area contributed by atoms with Crippen molar-refractivity contribution in [3.05, 3.63) is 27.2 Å². The van der Waals surface area contributed by atoms with E-state index in [0.29, 0.717) is 6.04 Å². The molecule has 1 fully saturated rings. The van der Waals surface area contributed by atoms with Crippen LogP contribution in [0, 0.1) is 12.8 Å². The first-order valence-electron chi connectivity index (χ1n) is 7.32. The van der Waals surface area contributed by atoms with E-state index in [0.717, 1.165) is 26.7 Å². The van der Waals surface area contributed by atoms with Gasteiger partial charge >= 0.3 is 0 Å². The molecule has 1 aliphatic rings. The number of anilines is 1. The third kappa shape index (κ3) is 4.13. The smallest absolute Gasteiger partial charge is 0.0501 e. The minimum Gasteiger partial charge on any atom is -0.381 e. The molecule has 0 aliphatic heterocycles. The Hall–Kier alpha value is -0.210. The van der Waals surface area contributed by atoms with Crippen molar-refractivity contribution in [3.8, 4) is 0 Å². The average molecular weight is 345 g/mol. The van der Waals surface area contributed by atoms with E-state index in [1.165, 1.54) is 38.5 Å². The molecule has 2 rings (SSSR count). The van der Waals surface area contributed by atoms with Crippen LogP contribution in [0.2, 0.25) is 5.02 Å². The van der Waals surface area contributed by atoms with Crippen molar-refractivity contribution in [1.29, 1.82) is 0 Å². The summed E-state index contributed by atoms with van der Waals surface area (Å²) >= 11 is 9.83. The summed E-state index contributed by atoms with van der Waals surface area (Å²) in [7, 11) is 0. The van der Waals surface area contributed by atoms with E-state index in [1.54, 1.807) is 0 Å². The highest BCUT2D eigenvalue weighted by atomic mass is 79.9. The molecule has 1 nitrogen and oxygen atoms in total. The van der Waals surface area contributed by atoms with E-state index in [-0.39, 0.29) is 0 Å². The minimum atomic E-state index is 0.600. The highest BCUT2D eigenvalue weighted by molar-refractivity contribution is 9.10. The van der Waals surface area contributed by atoms with E-state index < -0.39 is 0 Å². The van der Waals surface area contributed by atoms with Crippen LogP contribution in [0.15, 0.2) is 16.6 Å². The predicted molar refractivity (Wildman–Crippen MR) is 88.2 cm³/mol. The first-order valence-corrected chi connectivity index (χ1v) is 8.49. The van der Waals surface area contributed by atoms with Crippen LogP contribution < -0.4 is 5.32 Å². The second-order valence-electron chi connectivity index (χ2n) is 5.73. The maximum atomic E-state index is 6.21. The molecule has 0 aromatic heterocycles. The van der Waals surface area contributed by atoms with Crippen molar-refractivity contribution in [3.63, 3.8) is 0 Å². The van der Waals surface area contributed by atoms with Crippen molar-refractivity contribution in [1.82, 2.24) is 0 Å². The number of hydrogen-bond donors (Lipinski definition) is 1. The number of halogens is 2. The van der Waals surface area contributed by atoms with Crippen molar-refractivity contribution in [2.45, 2.75) is 58.4 Å². The van der Waals surface area contributed by atoms with Crippen LogP contribution in [0.5, 0.6) is 0 Å². The molecule has 19 heavy (non-hydrogen) atoms. The zero-order valence-electron chi connectivity index (χ0n) is 11.8. The Kier molecular flexibility index (Phi) is 5.58. The summed E-state index contributed by atoms with van der Waals surface area (Å²) in [5.41, 5.74) is 2.25. The van der Waals surface area contributed by atoms with E-state index in [9.17, 15) is 0 Å². The van der Waals surface area contributed by atoms with Crippen LogP contribution in [0.1, 0.15) is 51.0 Å². The summed E-state index contributed by atoms with van der Waals surface area (Å²) in [6.07, 6.45) is 8.01. The second-order valence-corrected chi connectivity index (χ2v) is 6.99. The van der Waals surface area contributed by atoms with E-state index in [4.69, 9.17) is 11.6 Å². The van der Waals surface area contributed by atoms with E-state index >= 15 is 0 Å². The van der Waals surface area contributed by atoms with Gasteiger partial charge in [0.25, 0.3) is 0 Å². The van der Waals surface area contributed by atoms with Crippen LogP contribution in [0.4, 0.5) is 5.69 Å². The van der Waals surface area contributed by atoms with Gasteiger partial charge in [0, 0.05) is 15.5 Å². The second kappa shape index (κ2) is 6.99. The molecular weight excluding hydrogens is 322 g/mol. The molecule has 0 heterocycles. The molecule has 1 aliphatic carbocycles. The van der Waals surface area contributed by atoms with Crippen LogP contribution in [0.25, 0.3) is 0 Å². The third-order valence-corrected chi connectivity index (χ3v) is 5.21. The number of nitrogens with one attached hydrogen (secondary N) is 1. The van der Waals surface area contributed by atoms with E-state index in [2.05, 4.69) is 34.2 Å². The van der Waals surface area contributed by atoms with Gasteiger partial charge in [0.05, 0.1) is 5.69 Å². The molecule has 1 aromatic rings. The van der Waals surface area contributed by atoms with Gasteiger partial charge < -0.3 is 5.32 Å². The van der Waals surface area contributed by atoms with Crippen LogP contribution >= 0.6 is 27.5 Å². The number of hydrogen-bond acceptors (Lipinski definition) is 1. The Balaban J connectivity index is 1.94. The molecule has 3 heteroatoms. The Bertz CT molecular complexity index is 425. The molecule has 0 saturated heterocycles. The number of aryl methyl sites for hydroxylation is 1. The summed E-state index contributed by atoms with van der Waals surface area (Å²) in [6, 6.07) is 4.73. The lowest BCUT2D eigenvalue weighted by Gasteiger charge is -2.30. The summed E-state index contributed by atoms with van der Waals surface area (Å²) < 4.78 is 1.12. The molecule has 1 N–H and O–H groups in total. The molecule has 0 spiro atoms. The van der Waals surface area contributed by atoms with Gasteiger partial charge in [-0.1, -0.05) is 31.4 Å². The van der Waals surface area contributed by atoms with Crippen molar-refractivity contribution >= 4 is 33.2 Å². The van der Waals surface area contributed by atoms with Crippen molar-refractivity contribution < 1.29 is 0 Å². The Morgan fingerprint density at radius 3 is 2.58 bits per heavy atom. The van der Waals surface area contributed by atoms with Crippen LogP contribution in [-0.2, 0) is 0 Å². The SMILES string of the molecule is CCCC1CCC(Nc2cc(Cl)c(C)cc2Br)CC1. The fourth-order valence-electron chi connectivity index (χ4n) is 2.98. The topological polar surface area (TPSA) is 12.0 Å². The fraction of sp³-hybridized carbons (Fsp3) is 0.625. The van der Waals surface area contributed by atoms with Gasteiger partial charge in [-0.3, -0.25) is 0 Å². The first-order chi connectivity index (χ1) is 9.10. The number of rotatable bonds is 4. The maximum Gasteiger partial charge on any atom is 0.0501 e. The Morgan fingerprint density at radius 1 is 1.26 bits per heavy atom. The molecule has 1 aromatic carbocycles. The molecule has 0 amide bonds. The normalized spacial score (nSPS) is 23.4. The average Bonchev–Trinajstić information content (AvgIpc) is 2.38. The van der Waals surface area contributed by atoms with E-state index in [1.807, 2.05) is 13.0 Å². The standard InChI is InChI=1S/C16H23BrClN/c1-3-4-12-5-7-13(8-6-12)19-16-10-15(18)11(2)9-14(16)17/h9-10,12-13,19H,3-8H2,1-2H3. The predicted octanol–water partition coefficient (Wildman–Crippen LogP) is 6.18.